The van der Waals surface area contributed by atoms with Gasteiger partial charge in [-0.05, 0) is 57.8 Å². The molecule has 0 aliphatic rings. The van der Waals surface area contributed by atoms with E-state index >= 15 is 0 Å². The fraction of sp³-hybridized carbons (Fsp3) is 0.796. The Morgan fingerprint density at radius 3 is 1.15 bits per heavy atom. The standard InChI is InChI=1S/C54H96O6/c1-4-7-10-13-16-19-21-23-25-27-29-30-32-35-38-41-44-47-53(56)59-50-51(49-58-52(55)46-43-40-37-34-18-15-12-9-6-3)60-54(57)48-45-42-39-36-33-31-28-26-24-22-20-17-14-11-8-5-2/h9,12,18,23,25,34,40,43,51H,4-8,10-11,13-17,19-22,24,26-33,35-39,41-42,44-50H2,1-3H3/b12-9-,25-23-,34-18-,43-40-. The first-order valence-electron chi connectivity index (χ1n) is 25.6. The minimum absolute atomic E-state index is 0.0999. The van der Waals surface area contributed by atoms with Gasteiger partial charge in [0.25, 0.3) is 0 Å². The van der Waals surface area contributed by atoms with Gasteiger partial charge in [0.1, 0.15) is 13.2 Å². The zero-order valence-corrected chi connectivity index (χ0v) is 39.7. The highest BCUT2D eigenvalue weighted by Crippen LogP contribution is 2.16. The van der Waals surface area contributed by atoms with Gasteiger partial charge in [-0.1, -0.05) is 230 Å². The molecule has 0 aromatic carbocycles. The van der Waals surface area contributed by atoms with Gasteiger partial charge in [-0.25, -0.2) is 0 Å². The lowest BCUT2D eigenvalue weighted by atomic mass is 10.0. The Labute approximate surface area is 371 Å². The first kappa shape index (κ1) is 57.4. The quantitative estimate of drug-likeness (QED) is 0.0263. The number of unbranched alkanes of at least 4 members (excludes halogenated alkanes) is 28. The molecule has 1 unspecified atom stereocenters. The second-order valence-corrected chi connectivity index (χ2v) is 17.1. The van der Waals surface area contributed by atoms with Crippen LogP contribution in [-0.2, 0) is 28.6 Å². The highest BCUT2D eigenvalue weighted by atomic mass is 16.6. The van der Waals surface area contributed by atoms with E-state index < -0.39 is 12.1 Å². The predicted molar refractivity (Wildman–Crippen MR) is 256 cm³/mol. The topological polar surface area (TPSA) is 78.9 Å². The van der Waals surface area contributed by atoms with Crippen molar-refractivity contribution < 1.29 is 28.6 Å². The molecule has 0 saturated heterocycles. The maximum atomic E-state index is 12.8. The fourth-order valence-corrected chi connectivity index (χ4v) is 7.26. The average Bonchev–Trinajstić information content (AvgIpc) is 3.24. The van der Waals surface area contributed by atoms with Gasteiger partial charge < -0.3 is 14.2 Å². The second kappa shape index (κ2) is 49.0. The van der Waals surface area contributed by atoms with Crippen LogP contribution >= 0.6 is 0 Å². The maximum absolute atomic E-state index is 12.8. The van der Waals surface area contributed by atoms with Crippen LogP contribution in [0.5, 0.6) is 0 Å². The Morgan fingerprint density at radius 1 is 0.367 bits per heavy atom. The molecule has 0 aliphatic heterocycles. The average molecular weight is 841 g/mol. The van der Waals surface area contributed by atoms with E-state index in [0.717, 1.165) is 57.8 Å². The van der Waals surface area contributed by atoms with Crippen LogP contribution in [0.1, 0.15) is 258 Å². The number of esters is 3. The van der Waals surface area contributed by atoms with Crippen LogP contribution in [0, 0.1) is 0 Å². The summed E-state index contributed by atoms with van der Waals surface area (Å²) >= 11 is 0. The van der Waals surface area contributed by atoms with Gasteiger partial charge >= 0.3 is 17.9 Å². The van der Waals surface area contributed by atoms with Crippen molar-refractivity contribution in [3.8, 4) is 0 Å². The summed E-state index contributed by atoms with van der Waals surface area (Å²) in [7, 11) is 0. The van der Waals surface area contributed by atoms with Crippen molar-refractivity contribution in [1.82, 2.24) is 0 Å². The van der Waals surface area contributed by atoms with Crippen molar-refractivity contribution in [2.75, 3.05) is 13.2 Å². The van der Waals surface area contributed by atoms with E-state index in [1.54, 1.807) is 6.08 Å². The molecule has 0 amide bonds. The summed E-state index contributed by atoms with van der Waals surface area (Å²) in [4.78, 5) is 37.8. The van der Waals surface area contributed by atoms with Crippen molar-refractivity contribution >= 4 is 17.9 Å². The van der Waals surface area contributed by atoms with Gasteiger partial charge in [0, 0.05) is 12.8 Å². The molecule has 0 aliphatic carbocycles. The molecule has 0 aromatic rings. The SMILES string of the molecule is CC/C=C\C/C=C\C/C=C\CC(=O)OCC(COC(=O)CCCCCCCCC/C=C\CCCCCCCC)OC(=O)CCCCCCCCCCCCCCCCCC. The third-order valence-electron chi connectivity index (χ3n) is 11.1. The molecule has 6 nitrogen and oxygen atoms in total. The molecule has 6 heteroatoms. The second-order valence-electron chi connectivity index (χ2n) is 17.1. The normalized spacial score (nSPS) is 12.4. The maximum Gasteiger partial charge on any atom is 0.309 e. The summed E-state index contributed by atoms with van der Waals surface area (Å²) in [5, 5.41) is 0. The van der Waals surface area contributed by atoms with Crippen molar-refractivity contribution in [2.24, 2.45) is 0 Å². The van der Waals surface area contributed by atoms with E-state index in [-0.39, 0.29) is 31.6 Å². The zero-order valence-electron chi connectivity index (χ0n) is 39.7. The molecule has 348 valence electrons. The van der Waals surface area contributed by atoms with E-state index in [2.05, 4.69) is 57.2 Å². The summed E-state index contributed by atoms with van der Waals surface area (Å²) in [6, 6.07) is 0. The van der Waals surface area contributed by atoms with Crippen molar-refractivity contribution in [3.63, 3.8) is 0 Å². The van der Waals surface area contributed by atoms with E-state index in [0.29, 0.717) is 12.8 Å². The Morgan fingerprint density at radius 2 is 0.717 bits per heavy atom. The van der Waals surface area contributed by atoms with Gasteiger partial charge in [-0.2, -0.15) is 0 Å². The van der Waals surface area contributed by atoms with Gasteiger partial charge in [0.15, 0.2) is 6.10 Å². The highest BCUT2D eigenvalue weighted by Gasteiger charge is 2.19. The number of rotatable bonds is 46. The fourth-order valence-electron chi connectivity index (χ4n) is 7.26. The van der Waals surface area contributed by atoms with E-state index in [1.165, 1.54) is 161 Å². The first-order chi connectivity index (χ1) is 29.5. The predicted octanol–water partition coefficient (Wildman–Crippen LogP) is 16.7. The molecular formula is C54H96O6. The molecule has 60 heavy (non-hydrogen) atoms. The van der Waals surface area contributed by atoms with Crippen LogP contribution in [0.15, 0.2) is 48.6 Å². The van der Waals surface area contributed by atoms with Crippen LogP contribution < -0.4 is 0 Å². The van der Waals surface area contributed by atoms with E-state index in [1.807, 2.05) is 6.08 Å². The minimum atomic E-state index is -0.806. The largest absolute Gasteiger partial charge is 0.462 e. The molecular weight excluding hydrogens is 745 g/mol. The number of allylic oxidation sites excluding steroid dienone is 7. The highest BCUT2D eigenvalue weighted by molar-refractivity contribution is 5.72. The lowest BCUT2D eigenvalue weighted by molar-refractivity contribution is -0.166. The molecule has 0 radical (unpaired) electrons. The van der Waals surface area contributed by atoms with E-state index in [9.17, 15) is 14.4 Å². The van der Waals surface area contributed by atoms with Crippen LogP contribution in [0.25, 0.3) is 0 Å². The molecule has 0 rings (SSSR count). The minimum Gasteiger partial charge on any atom is -0.462 e. The van der Waals surface area contributed by atoms with Crippen molar-refractivity contribution in [2.45, 2.75) is 264 Å². The molecule has 0 fully saturated rings. The summed E-state index contributed by atoms with van der Waals surface area (Å²) in [5.41, 5.74) is 0. The number of hydrogen-bond donors (Lipinski definition) is 0. The summed E-state index contributed by atoms with van der Waals surface area (Å²) in [6.07, 6.45) is 58.5. The number of ether oxygens (including phenoxy) is 3. The Balaban J connectivity index is 4.34. The third kappa shape index (κ3) is 46.4. The van der Waals surface area contributed by atoms with Crippen molar-refractivity contribution in [3.05, 3.63) is 48.6 Å². The monoisotopic (exact) mass is 841 g/mol. The van der Waals surface area contributed by atoms with Gasteiger partial charge in [0.2, 0.25) is 0 Å². The first-order valence-corrected chi connectivity index (χ1v) is 25.6. The van der Waals surface area contributed by atoms with Gasteiger partial charge in [0.05, 0.1) is 6.42 Å². The van der Waals surface area contributed by atoms with Crippen LogP contribution in [0.2, 0.25) is 0 Å². The third-order valence-corrected chi connectivity index (χ3v) is 11.1. The Bertz CT molecular complexity index is 1060. The molecule has 0 aromatic heterocycles. The molecule has 0 bridgehead atoms. The molecule has 0 N–H and O–H groups in total. The van der Waals surface area contributed by atoms with E-state index in [4.69, 9.17) is 14.2 Å². The van der Waals surface area contributed by atoms with Crippen LogP contribution in [-0.4, -0.2) is 37.2 Å². The number of hydrogen-bond acceptors (Lipinski definition) is 6. The Kier molecular flexibility index (Phi) is 46.9. The van der Waals surface area contributed by atoms with Gasteiger partial charge in [-0.3, -0.25) is 14.4 Å². The molecule has 1 atom stereocenters. The van der Waals surface area contributed by atoms with Crippen molar-refractivity contribution in [1.29, 1.82) is 0 Å². The molecule has 0 heterocycles. The van der Waals surface area contributed by atoms with Gasteiger partial charge in [-0.15, -0.1) is 0 Å². The molecule has 0 saturated carbocycles. The molecule has 0 spiro atoms. The Hall–Kier alpha value is -2.63. The smallest absolute Gasteiger partial charge is 0.309 e. The number of carbonyl (C=O) groups is 3. The lowest BCUT2D eigenvalue weighted by Gasteiger charge is -2.18. The zero-order chi connectivity index (χ0) is 43.7. The van der Waals surface area contributed by atoms with Crippen LogP contribution in [0.4, 0.5) is 0 Å². The van der Waals surface area contributed by atoms with Crippen LogP contribution in [0.3, 0.4) is 0 Å². The summed E-state index contributed by atoms with van der Waals surface area (Å²) < 4.78 is 16.7. The summed E-state index contributed by atoms with van der Waals surface area (Å²) in [5.74, 6) is -1.03. The lowest BCUT2D eigenvalue weighted by Crippen LogP contribution is -2.30. The summed E-state index contributed by atoms with van der Waals surface area (Å²) in [6.45, 7) is 6.43. The number of carbonyl (C=O) groups excluding carboxylic acids is 3.